The fourth-order valence-electron chi connectivity index (χ4n) is 4.11. The van der Waals surface area contributed by atoms with Gasteiger partial charge in [0, 0.05) is 24.0 Å². The molecule has 8 heteroatoms. The summed E-state index contributed by atoms with van der Waals surface area (Å²) in [7, 11) is 0. The predicted molar refractivity (Wildman–Crippen MR) is 89.3 cm³/mol. The highest BCUT2D eigenvalue weighted by atomic mass is 19.4. The molecule has 0 radical (unpaired) electrons. The lowest BCUT2D eigenvalue weighted by Gasteiger charge is -2.27. The third-order valence-corrected chi connectivity index (χ3v) is 5.78. The van der Waals surface area contributed by atoms with Crippen LogP contribution in [0.3, 0.4) is 0 Å². The van der Waals surface area contributed by atoms with Gasteiger partial charge in [-0.15, -0.1) is 0 Å². The van der Waals surface area contributed by atoms with Gasteiger partial charge in [-0.1, -0.05) is 0 Å². The van der Waals surface area contributed by atoms with E-state index in [1.165, 1.54) is 17.4 Å². The van der Waals surface area contributed by atoms with Crippen LogP contribution in [0, 0.1) is 5.41 Å². The highest BCUT2D eigenvalue weighted by Crippen LogP contribution is 2.46. The fraction of sp³-hybridized carbons (Fsp3) is 0.474. The lowest BCUT2D eigenvalue weighted by Crippen LogP contribution is -2.47. The van der Waals surface area contributed by atoms with Crippen molar-refractivity contribution in [3.63, 3.8) is 0 Å². The van der Waals surface area contributed by atoms with E-state index in [9.17, 15) is 22.8 Å². The Labute approximate surface area is 152 Å². The number of nitrogens with zero attached hydrogens (tertiary/aromatic N) is 1. The summed E-state index contributed by atoms with van der Waals surface area (Å²) in [6, 6.07) is 3.95. The number of fused-ring (bicyclic) bond motifs is 2. The highest BCUT2D eigenvalue weighted by molar-refractivity contribution is 5.89. The second-order valence-corrected chi connectivity index (χ2v) is 7.36. The molecule has 1 unspecified atom stereocenters. The fourth-order valence-corrected chi connectivity index (χ4v) is 4.11. The number of benzene rings is 1. The molecule has 0 spiro atoms. The van der Waals surface area contributed by atoms with Gasteiger partial charge in [0.1, 0.15) is 5.58 Å². The maximum atomic E-state index is 13.3. The van der Waals surface area contributed by atoms with Gasteiger partial charge in [0.05, 0.1) is 12.7 Å². The standard InChI is InChI=1S/C19H18F3NO4/c20-19(21,22)18(17(25)26)4-5-23(10-18)16(24)8-13-9-27-15-7-12-3-1-2-11(12)6-14(13)15/h6-7,9H,1-5,8,10H2,(H,25,26). The summed E-state index contributed by atoms with van der Waals surface area (Å²) in [4.78, 5) is 24.8. The first-order valence-electron chi connectivity index (χ1n) is 8.81. The zero-order chi connectivity index (χ0) is 19.4. The third kappa shape index (κ3) is 2.78. The number of furan rings is 1. The lowest BCUT2D eigenvalue weighted by atomic mass is 9.86. The van der Waals surface area contributed by atoms with Crippen LogP contribution in [0.4, 0.5) is 13.2 Å². The number of amides is 1. The Kier molecular flexibility index (Phi) is 3.98. The van der Waals surface area contributed by atoms with Gasteiger partial charge in [-0.2, -0.15) is 13.2 Å². The van der Waals surface area contributed by atoms with Gasteiger partial charge in [-0.05, 0) is 48.9 Å². The number of aliphatic carboxylic acids is 1. The molecule has 2 aliphatic rings. The van der Waals surface area contributed by atoms with Crippen molar-refractivity contribution in [2.24, 2.45) is 5.41 Å². The molecular formula is C19H18F3NO4. The van der Waals surface area contributed by atoms with Crippen LogP contribution in [0.25, 0.3) is 11.0 Å². The molecule has 1 atom stereocenters. The van der Waals surface area contributed by atoms with Crippen LogP contribution in [0.2, 0.25) is 0 Å². The van der Waals surface area contributed by atoms with E-state index in [-0.39, 0.29) is 13.0 Å². The SMILES string of the molecule is O=C(Cc1coc2cc3c(cc12)CCC3)N1CCC(C(=O)O)(C(F)(F)F)C1. The van der Waals surface area contributed by atoms with Gasteiger partial charge < -0.3 is 14.4 Å². The molecule has 1 aliphatic carbocycles. The first-order chi connectivity index (χ1) is 12.7. The highest BCUT2D eigenvalue weighted by Gasteiger charge is 2.64. The topological polar surface area (TPSA) is 70.8 Å². The van der Waals surface area contributed by atoms with Gasteiger partial charge in [0.2, 0.25) is 5.91 Å². The van der Waals surface area contributed by atoms with Crippen molar-refractivity contribution in [2.75, 3.05) is 13.1 Å². The summed E-state index contributed by atoms with van der Waals surface area (Å²) in [5.41, 5.74) is 0.827. The summed E-state index contributed by atoms with van der Waals surface area (Å²) in [5, 5.41) is 9.91. The molecule has 5 nitrogen and oxygen atoms in total. The third-order valence-electron chi connectivity index (χ3n) is 5.78. The van der Waals surface area contributed by atoms with Crippen molar-refractivity contribution in [3.8, 4) is 0 Å². The van der Waals surface area contributed by atoms with E-state index in [1.54, 1.807) is 0 Å². The Morgan fingerprint density at radius 3 is 2.56 bits per heavy atom. The second kappa shape index (κ2) is 6.00. The number of carboxylic acid groups (broad SMARTS) is 1. The molecule has 1 fully saturated rings. The van der Waals surface area contributed by atoms with Crippen LogP contribution in [0.1, 0.15) is 29.5 Å². The molecule has 1 aliphatic heterocycles. The first kappa shape index (κ1) is 17.9. The Balaban J connectivity index is 1.55. The summed E-state index contributed by atoms with van der Waals surface area (Å²) < 4.78 is 45.4. The maximum absolute atomic E-state index is 13.3. The molecule has 1 aromatic heterocycles. The molecule has 1 aromatic carbocycles. The monoisotopic (exact) mass is 381 g/mol. The summed E-state index contributed by atoms with van der Waals surface area (Å²) in [6.07, 6.45) is -1.17. The Hall–Kier alpha value is -2.51. The number of likely N-dealkylation sites (tertiary alicyclic amines) is 1. The summed E-state index contributed by atoms with van der Waals surface area (Å²) in [5.74, 6) is -2.46. The second-order valence-electron chi connectivity index (χ2n) is 7.36. The molecule has 144 valence electrons. The van der Waals surface area contributed by atoms with Crippen LogP contribution in [-0.2, 0) is 28.9 Å². The molecule has 0 bridgehead atoms. The average Bonchev–Trinajstić information content (AvgIpc) is 3.30. The molecule has 1 saturated heterocycles. The largest absolute Gasteiger partial charge is 0.481 e. The van der Waals surface area contributed by atoms with Gasteiger partial charge >= 0.3 is 12.1 Å². The number of carboxylic acids is 1. The minimum atomic E-state index is -4.91. The molecule has 2 heterocycles. The van der Waals surface area contributed by atoms with Crippen molar-refractivity contribution >= 4 is 22.8 Å². The molecular weight excluding hydrogens is 363 g/mol. The molecule has 1 amide bonds. The van der Waals surface area contributed by atoms with Gasteiger partial charge in [0.25, 0.3) is 0 Å². The number of carbonyl (C=O) groups excluding carboxylic acids is 1. The number of alkyl halides is 3. The first-order valence-corrected chi connectivity index (χ1v) is 8.81. The van der Waals surface area contributed by atoms with Crippen LogP contribution in [0.15, 0.2) is 22.8 Å². The molecule has 2 aromatic rings. The average molecular weight is 381 g/mol. The minimum Gasteiger partial charge on any atom is -0.481 e. The molecule has 1 N–H and O–H groups in total. The van der Waals surface area contributed by atoms with Crippen molar-refractivity contribution in [1.29, 1.82) is 0 Å². The van der Waals surface area contributed by atoms with E-state index >= 15 is 0 Å². The minimum absolute atomic E-state index is 0.112. The van der Waals surface area contributed by atoms with Crippen molar-refractivity contribution < 1.29 is 32.3 Å². The Morgan fingerprint density at radius 1 is 1.22 bits per heavy atom. The van der Waals surface area contributed by atoms with Gasteiger partial charge in [-0.25, -0.2) is 0 Å². The molecule has 4 rings (SSSR count). The number of carbonyl (C=O) groups is 2. The summed E-state index contributed by atoms with van der Waals surface area (Å²) in [6.45, 7) is -1.08. The van der Waals surface area contributed by atoms with Crippen LogP contribution >= 0.6 is 0 Å². The van der Waals surface area contributed by atoms with Crippen LogP contribution in [-0.4, -0.2) is 41.1 Å². The molecule has 27 heavy (non-hydrogen) atoms. The van der Waals surface area contributed by atoms with Crippen LogP contribution < -0.4 is 0 Å². The number of hydrogen-bond acceptors (Lipinski definition) is 3. The van der Waals surface area contributed by atoms with E-state index in [4.69, 9.17) is 9.52 Å². The van der Waals surface area contributed by atoms with E-state index in [1.807, 2.05) is 12.1 Å². The predicted octanol–water partition coefficient (Wildman–Crippen LogP) is 3.33. The zero-order valence-corrected chi connectivity index (χ0v) is 14.4. The van der Waals surface area contributed by atoms with Gasteiger partial charge in [0.15, 0.2) is 5.41 Å². The van der Waals surface area contributed by atoms with Crippen molar-refractivity contribution in [1.82, 2.24) is 4.90 Å². The maximum Gasteiger partial charge on any atom is 0.406 e. The van der Waals surface area contributed by atoms with Crippen LogP contribution in [0.5, 0.6) is 0 Å². The quantitative estimate of drug-likeness (QED) is 0.885. The van der Waals surface area contributed by atoms with Gasteiger partial charge in [-0.3, -0.25) is 9.59 Å². The van der Waals surface area contributed by atoms with E-state index < -0.39 is 36.4 Å². The zero-order valence-electron chi connectivity index (χ0n) is 14.4. The van der Waals surface area contributed by atoms with Crippen molar-refractivity contribution in [3.05, 3.63) is 35.1 Å². The van der Waals surface area contributed by atoms with E-state index in [0.717, 1.165) is 29.5 Å². The normalized spacial score (nSPS) is 22.4. The lowest BCUT2D eigenvalue weighted by molar-refractivity contribution is -0.227. The molecule has 0 saturated carbocycles. The van der Waals surface area contributed by atoms with Crippen molar-refractivity contribution in [2.45, 2.75) is 38.3 Å². The number of rotatable bonds is 3. The van der Waals surface area contributed by atoms with E-state index in [0.29, 0.717) is 11.1 Å². The van der Waals surface area contributed by atoms with E-state index in [2.05, 4.69) is 0 Å². The number of halogens is 3. The Bertz CT molecular complexity index is 933. The smallest absolute Gasteiger partial charge is 0.406 e. The number of hydrogen-bond donors (Lipinski definition) is 1. The summed E-state index contributed by atoms with van der Waals surface area (Å²) >= 11 is 0. The Morgan fingerprint density at radius 2 is 1.93 bits per heavy atom. The number of aryl methyl sites for hydroxylation is 2.